The molecule has 0 radical (unpaired) electrons. The molecule has 0 spiro atoms. The summed E-state index contributed by atoms with van der Waals surface area (Å²) in [6.07, 6.45) is 8.09. The highest BCUT2D eigenvalue weighted by Gasteiger charge is 2.42. The molecule has 170 valence electrons. The van der Waals surface area contributed by atoms with Crippen LogP contribution in [0.1, 0.15) is 55.0 Å². The molecule has 1 saturated heterocycles. The predicted molar refractivity (Wildman–Crippen MR) is 123 cm³/mol. The summed E-state index contributed by atoms with van der Waals surface area (Å²) in [7, 11) is -3.67. The van der Waals surface area contributed by atoms with Gasteiger partial charge in [-0.3, -0.25) is 0 Å². The van der Waals surface area contributed by atoms with Crippen molar-refractivity contribution in [2.24, 2.45) is 0 Å². The zero-order valence-electron chi connectivity index (χ0n) is 18.6. The van der Waals surface area contributed by atoms with E-state index in [1.165, 1.54) is 12.1 Å². The number of rotatable bonds is 8. The molecule has 1 aliphatic heterocycles. The Morgan fingerprint density at radius 3 is 2.38 bits per heavy atom. The minimum atomic E-state index is -3.67. The number of unbranched alkanes of at least 4 members (excludes halogenated alkanes) is 1. The molecule has 1 aliphatic rings. The average Bonchev–Trinajstić information content (AvgIpc) is 3.38. The first-order chi connectivity index (χ1) is 15.3. The zero-order chi connectivity index (χ0) is 22.7. The lowest BCUT2D eigenvalue weighted by Crippen LogP contribution is -2.37. The molecule has 1 fully saturated rings. The highest BCUT2D eigenvalue weighted by molar-refractivity contribution is 7.89. The summed E-state index contributed by atoms with van der Waals surface area (Å²) >= 11 is 0. The molecule has 2 unspecified atom stereocenters. The number of hydrogen-bond acceptors (Lipinski definition) is 3. The van der Waals surface area contributed by atoms with E-state index >= 15 is 0 Å². The maximum absolute atomic E-state index is 13.7. The van der Waals surface area contributed by atoms with Gasteiger partial charge in [-0.25, -0.2) is 17.8 Å². The Kier molecular flexibility index (Phi) is 6.76. The molecule has 5 nitrogen and oxygen atoms in total. The van der Waals surface area contributed by atoms with Crippen molar-refractivity contribution in [2.45, 2.75) is 69.5 Å². The van der Waals surface area contributed by atoms with Gasteiger partial charge < -0.3 is 4.57 Å². The quantitative estimate of drug-likeness (QED) is 0.427. The second-order valence-electron chi connectivity index (χ2n) is 8.70. The van der Waals surface area contributed by atoms with E-state index in [0.717, 1.165) is 55.5 Å². The highest BCUT2D eigenvalue weighted by atomic mass is 32.2. The number of hydrogen-bond donors (Lipinski definition) is 0. The van der Waals surface area contributed by atoms with Crippen LogP contribution in [0.2, 0.25) is 0 Å². The number of aryl methyl sites for hydroxylation is 3. The first kappa shape index (κ1) is 22.7. The molecule has 2 aromatic carbocycles. The lowest BCUT2D eigenvalue weighted by atomic mass is 10.0. The van der Waals surface area contributed by atoms with Crippen LogP contribution in [0.25, 0.3) is 0 Å². The summed E-state index contributed by atoms with van der Waals surface area (Å²) in [6, 6.07) is 12.9. The Bertz CT molecular complexity index is 1140. The predicted octanol–water partition coefficient (Wildman–Crippen LogP) is 5.40. The molecule has 2 atom stereocenters. The first-order valence-corrected chi connectivity index (χ1v) is 12.6. The van der Waals surface area contributed by atoms with Gasteiger partial charge in [-0.15, -0.1) is 0 Å². The van der Waals surface area contributed by atoms with Gasteiger partial charge in [0.25, 0.3) is 0 Å². The second kappa shape index (κ2) is 9.55. The zero-order valence-corrected chi connectivity index (χ0v) is 19.4. The van der Waals surface area contributed by atoms with Crippen molar-refractivity contribution < 1.29 is 12.8 Å². The van der Waals surface area contributed by atoms with E-state index < -0.39 is 10.0 Å². The molecule has 2 heterocycles. The van der Waals surface area contributed by atoms with Crippen LogP contribution < -0.4 is 0 Å². The summed E-state index contributed by atoms with van der Waals surface area (Å²) in [5.74, 6) is -0.314. The average molecular weight is 456 g/mol. The van der Waals surface area contributed by atoms with Gasteiger partial charge in [-0.05, 0) is 69.4 Å². The van der Waals surface area contributed by atoms with Crippen molar-refractivity contribution in [1.82, 2.24) is 13.9 Å². The van der Waals surface area contributed by atoms with E-state index in [2.05, 4.69) is 9.55 Å². The van der Waals surface area contributed by atoms with Crippen LogP contribution in [-0.2, 0) is 16.6 Å². The molecule has 0 N–H and O–H groups in total. The maximum atomic E-state index is 13.7. The molecule has 0 bridgehead atoms. The van der Waals surface area contributed by atoms with Crippen LogP contribution in [0.4, 0.5) is 4.39 Å². The summed E-state index contributed by atoms with van der Waals surface area (Å²) in [5.41, 5.74) is 2.86. The van der Waals surface area contributed by atoms with Gasteiger partial charge in [-0.2, -0.15) is 4.31 Å². The Hall–Kier alpha value is -2.51. The van der Waals surface area contributed by atoms with Crippen molar-refractivity contribution in [3.05, 3.63) is 83.7 Å². The first-order valence-electron chi connectivity index (χ1n) is 11.2. The molecule has 7 heteroatoms. The fraction of sp³-hybridized carbons (Fsp3) is 0.400. The largest absolute Gasteiger partial charge is 0.337 e. The second-order valence-corrected chi connectivity index (χ2v) is 10.5. The standard InChI is InChI=1S/C25H30FN3O2S/c1-19-6-13-24(14-7-19)32(30,31)29-23(5-3-4-16-28-17-20(2)27-18-28)12-15-25(29)21-8-10-22(26)11-9-21/h6-11,13-14,17-18,23,25H,3-5,12,15-16H2,1-2H3. The van der Waals surface area contributed by atoms with Gasteiger partial charge in [0.1, 0.15) is 5.82 Å². The number of aromatic nitrogens is 2. The number of halogens is 1. The molecule has 3 aromatic rings. The van der Waals surface area contributed by atoms with Crippen LogP contribution in [0.15, 0.2) is 66.0 Å². The van der Waals surface area contributed by atoms with Gasteiger partial charge in [0.15, 0.2) is 0 Å². The Labute approximate surface area is 190 Å². The summed E-state index contributed by atoms with van der Waals surface area (Å²) in [6.45, 7) is 4.79. The lowest BCUT2D eigenvalue weighted by Gasteiger charge is -2.30. The number of sulfonamides is 1. The van der Waals surface area contributed by atoms with Crippen molar-refractivity contribution in [3.63, 3.8) is 0 Å². The van der Waals surface area contributed by atoms with E-state index in [9.17, 15) is 12.8 Å². The smallest absolute Gasteiger partial charge is 0.243 e. The fourth-order valence-corrected chi connectivity index (χ4v) is 6.48. The molecule has 0 aliphatic carbocycles. The number of benzene rings is 2. The van der Waals surface area contributed by atoms with Crippen molar-refractivity contribution >= 4 is 10.0 Å². The summed E-state index contributed by atoms with van der Waals surface area (Å²) in [4.78, 5) is 4.57. The van der Waals surface area contributed by atoms with Gasteiger partial charge in [0.05, 0.1) is 23.0 Å². The SMILES string of the molecule is Cc1ccc(S(=O)(=O)N2C(CCCCn3cnc(C)c3)CCC2c2ccc(F)cc2)cc1. The van der Waals surface area contributed by atoms with Crippen molar-refractivity contribution in [3.8, 4) is 0 Å². The third kappa shape index (κ3) is 4.94. The monoisotopic (exact) mass is 455 g/mol. The molecule has 4 rings (SSSR count). The summed E-state index contributed by atoms with van der Waals surface area (Å²) in [5, 5.41) is 0. The van der Waals surface area contributed by atoms with Gasteiger partial charge in [0.2, 0.25) is 10.0 Å². The number of imidazole rings is 1. The molecule has 0 amide bonds. The van der Waals surface area contributed by atoms with Gasteiger partial charge in [0, 0.05) is 18.8 Å². The normalized spacial score (nSPS) is 19.5. The summed E-state index contributed by atoms with van der Waals surface area (Å²) < 4.78 is 44.7. The Balaban J connectivity index is 1.54. The van der Waals surface area contributed by atoms with Crippen LogP contribution in [0, 0.1) is 19.7 Å². The third-order valence-corrected chi connectivity index (χ3v) is 8.23. The van der Waals surface area contributed by atoms with Crippen LogP contribution in [-0.4, -0.2) is 28.3 Å². The Morgan fingerprint density at radius 1 is 1.00 bits per heavy atom. The maximum Gasteiger partial charge on any atom is 0.243 e. The lowest BCUT2D eigenvalue weighted by molar-refractivity contribution is 0.306. The van der Waals surface area contributed by atoms with E-state index in [0.29, 0.717) is 4.90 Å². The molecule has 0 saturated carbocycles. The minimum absolute atomic E-state index is 0.0686. The van der Waals surface area contributed by atoms with Crippen LogP contribution in [0.3, 0.4) is 0 Å². The van der Waals surface area contributed by atoms with E-state index in [1.54, 1.807) is 28.6 Å². The van der Waals surface area contributed by atoms with E-state index in [1.807, 2.05) is 38.5 Å². The van der Waals surface area contributed by atoms with E-state index in [-0.39, 0.29) is 17.9 Å². The van der Waals surface area contributed by atoms with Crippen molar-refractivity contribution in [2.75, 3.05) is 0 Å². The fourth-order valence-electron chi connectivity index (χ4n) is 4.59. The van der Waals surface area contributed by atoms with Gasteiger partial charge >= 0.3 is 0 Å². The van der Waals surface area contributed by atoms with Crippen LogP contribution >= 0.6 is 0 Å². The topological polar surface area (TPSA) is 55.2 Å². The van der Waals surface area contributed by atoms with Crippen molar-refractivity contribution in [1.29, 1.82) is 0 Å². The van der Waals surface area contributed by atoms with E-state index in [4.69, 9.17) is 0 Å². The molecule has 32 heavy (non-hydrogen) atoms. The third-order valence-electron chi connectivity index (χ3n) is 6.26. The number of nitrogens with zero attached hydrogens (tertiary/aromatic N) is 3. The minimum Gasteiger partial charge on any atom is -0.337 e. The molecular formula is C25H30FN3O2S. The highest BCUT2D eigenvalue weighted by Crippen LogP contribution is 2.42. The van der Waals surface area contributed by atoms with Crippen LogP contribution in [0.5, 0.6) is 0 Å². The molecular weight excluding hydrogens is 425 g/mol. The molecule has 1 aromatic heterocycles. The van der Waals surface area contributed by atoms with Gasteiger partial charge in [-0.1, -0.05) is 36.2 Å². The Morgan fingerprint density at radius 2 is 1.72 bits per heavy atom.